The smallest absolute Gasteiger partial charge is 0.0651 e. The van der Waals surface area contributed by atoms with Gasteiger partial charge in [-0.05, 0) is 37.6 Å². The molecule has 1 unspecified atom stereocenters. The number of halogens is 1. The minimum absolute atomic E-state index is 0.220. The summed E-state index contributed by atoms with van der Waals surface area (Å²) >= 11 is 3.52. The van der Waals surface area contributed by atoms with E-state index < -0.39 is 0 Å². The van der Waals surface area contributed by atoms with Crippen molar-refractivity contribution in [2.45, 2.75) is 19.9 Å². The highest BCUT2D eigenvalue weighted by Gasteiger charge is 2.06. The van der Waals surface area contributed by atoms with Crippen molar-refractivity contribution in [1.82, 2.24) is 10.2 Å². The molecule has 0 saturated carbocycles. The van der Waals surface area contributed by atoms with Crippen LogP contribution < -0.4 is 5.32 Å². The molecule has 0 spiro atoms. The Labute approximate surface area is 103 Å². The van der Waals surface area contributed by atoms with E-state index in [9.17, 15) is 0 Å². The van der Waals surface area contributed by atoms with Gasteiger partial charge in [0.15, 0.2) is 0 Å². The van der Waals surface area contributed by atoms with E-state index in [0.717, 1.165) is 15.9 Å². The molecule has 0 aliphatic heterocycles. The first-order valence-corrected chi connectivity index (χ1v) is 5.98. The van der Waals surface area contributed by atoms with Gasteiger partial charge in [0, 0.05) is 16.4 Å². The van der Waals surface area contributed by atoms with Crippen LogP contribution in [0.4, 0.5) is 5.69 Å². The van der Waals surface area contributed by atoms with Crippen LogP contribution >= 0.6 is 15.9 Å². The first kappa shape index (κ1) is 11.2. The molecule has 2 aromatic rings. The fraction of sp³-hybridized carbons (Fsp3) is 0.250. The normalized spacial score (nSPS) is 12.4. The first-order chi connectivity index (χ1) is 7.66. The van der Waals surface area contributed by atoms with Gasteiger partial charge in [0.2, 0.25) is 0 Å². The van der Waals surface area contributed by atoms with E-state index in [0.29, 0.717) is 0 Å². The molecule has 3 nitrogen and oxygen atoms in total. The lowest BCUT2D eigenvalue weighted by Crippen LogP contribution is -2.07. The molecule has 0 saturated heterocycles. The number of aryl methyl sites for hydroxylation is 1. The lowest BCUT2D eigenvalue weighted by molar-refractivity contribution is 0.825. The number of anilines is 1. The Kier molecular flexibility index (Phi) is 3.29. The molecule has 84 valence electrons. The van der Waals surface area contributed by atoms with Gasteiger partial charge >= 0.3 is 0 Å². The molecule has 0 radical (unpaired) electrons. The third-order valence-corrected chi connectivity index (χ3v) is 3.40. The Morgan fingerprint density at radius 3 is 2.81 bits per heavy atom. The molecule has 2 N–H and O–H groups in total. The van der Waals surface area contributed by atoms with Crippen molar-refractivity contribution in [3.05, 3.63) is 46.2 Å². The maximum atomic E-state index is 3.94. The van der Waals surface area contributed by atoms with Gasteiger partial charge < -0.3 is 5.32 Å². The summed E-state index contributed by atoms with van der Waals surface area (Å²) in [5, 5.41) is 10.3. The second-order valence-electron chi connectivity index (χ2n) is 3.84. The van der Waals surface area contributed by atoms with Crippen molar-refractivity contribution in [3.8, 4) is 0 Å². The van der Waals surface area contributed by atoms with E-state index in [2.05, 4.69) is 63.5 Å². The number of hydrogen-bond donors (Lipinski definition) is 2. The number of aromatic amines is 1. The molecule has 1 atom stereocenters. The molecule has 0 bridgehead atoms. The van der Waals surface area contributed by atoms with Crippen LogP contribution in [0.3, 0.4) is 0 Å². The number of H-pyrrole nitrogens is 1. The molecule has 16 heavy (non-hydrogen) atoms. The third kappa shape index (κ3) is 2.44. The Balaban J connectivity index is 2.12. The third-order valence-electron chi connectivity index (χ3n) is 2.54. The molecule has 2 rings (SSSR count). The average molecular weight is 280 g/mol. The summed E-state index contributed by atoms with van der Waals surface area (Å²) in [6.07, 6.45) is 1.76. The topological polar surface area (TPSA) is 40.7 Å². The van der Waals surface area contributed by atoms with Gasteiger partial charge in [-0.25, -0.2) is 0 Å². The van der Waals surface area contributed by atoms with E-state index >= 15 is 0 Å². The first-order valence-electron chi connectivity index (χ1n) is 5.19. The van der Waals surface area contributed by atoms with E-state index in [-0.39, 0.29) is 6.04 Å². The molecule has 0 fully saturated rings. The van der Waals surface area contributed by atoms with Gasteiger partial charge in [-0.15, -0.1) is 0 Å². The molecule has 0 aliphatic carbocycles. The quantitative estimate of drug-likeness (QED) is 0.900. The van der Waals surface area contributed by atoms with Crippen LogP contribution in [0.15, 0.2) is 34.9 Å². The number of rotatable bonds is 3. The second-order valence-corrected chi connectivity index (χ2v) is 4.70. The lowest BCUT2D eigenvalue weighted by Gasteiger charge is -2.14. The largest absolute Gasteiger partial charge is 0.377 e. The molecule has 1 aromatic heterocycles. The van der Waals surface area contributed by atoms with Crippen molar-refractivity contribution in [1.29, 1.82) is 0 Å². The molecule has 1 heterocycles. The van der Waals surface area contributed by atoms with E-state index in [4.69, 9.17) is 0 Å². The lowest BCUT2D eigenvalue weighted by atomic mass is 10.2. The number of benzene rings is 1. The molecule has 0 aliphatic rings. The highest BCUT2D eigenvalue weighted by atomic mass is 79.9. The highest BCUT2D eigenvalue weighted by Crippen LogP contribution is 2.23. The highest BCUT2D eigenvalue weighted by molar-refractivity contribution is 9.10. The standard InChI is InChI=1S/C12H14BrN3/c1-8-3-4-10(7-11(8)13)15-9(2)12-5-6-14-16-12/h3-7,9,15H,1-2H3,(H,14,16). The molecule has 4 heteroatoms. The Morgan fingerprint density at radius 2 is 2.19 bits per heavy atom. The summed E-state index contributed by atoms with van der Waals surface area (Å²) in [6.45, 7) is 4.17. The van der Waals surface area contributed by atoms with Gasteiger partial charge in [-0.3, -0.25) is 5.10 Å². The van der Waals surface area contributed by atoms with Crippen molar-refractivity contribution < 1.29 is 0 Å². The van der Waals surface area contributed by atoms with Crippen LogP contribution in [0, 0.1) is 6.92 Å². The Bertz CT molecular complexity index is 465. The van der Waals surface area contributed by atoms with E-state index in [1.165, 1.54) is 5.56 Å². The van der Waals surface area contributed by atoms with Gasteiger partial charge in [0.05, 0.1) is 11.7 Å². The zero-order valence-electron chi connectivity index (χ0n) is 9.29. The maximum Gasteiger partial charge on any atom is 0.0651 e. The maximum absolute atomic E-state index is 3.94. The fourth-order valence-corrected chi connectivity index (χ4v) is 1.90. The summed E-state index contributed by atoms with van der Waals surface area (Å²) < 4.78 is 1.12. The molecular formula is C12H14BrN3. The van der Waals surface area contributed by atoms with Crippen molar-refractivity contribution in [3.63, 3.8) is 0 Å². The van der Waals surface area contributed by atoms with Crippen LogP contribution in [0.1, 0.15) is 24.2 Å². The summed E-state index contributed by atoms with van der Waals surface area (Å²) in [5.41, 5.74) is 3.41. The predicted octanol–water partition coefficient (Wildman–Crippen LogP) is 3.65. The fourth-order valence-electron chi connectivity index (χ4n) is 1.52. The number of hydrogen-bond acceptors (Lipinski definition) is 2. The van der Waals surface area contributed by atoms with Crippen LogP contribution in [0.25, 0.3) is 0 Å². The van der Waals surface area contributed by atoms with Crippen molar-refractivity contribution >= 4 is 21.6 Å². The summed E-state index contributed by atoms with van der Waals surface area (Å²) in [7, 11) is 0. The SMILES string of the molecule is Cc1ccc(NC(C)c2ccn[nH]2)cc1Br. The molecule has 0 amide bonds. The minimum Gasteiger partial charge on any atom is -0.377 e. The Hall–Kier alpha value is -1.29. The summed E-state index contributed by atoms with van der Waals surface area (Å²) in [4.78, 5) is 0. The van der Waals surface area contributed by atoms with E-state index in [1.807, 2.05) is 6.07 Å². The van der Waals surface area contributed by atoms with E-state index in [1.54, 1.807) is 6.20 Å². The van der Waals surface area contributed by atoms with Gasteiger partial charge in [-0.2, -0.15) is 5.10 Å². The van der Waals surface area contributed by atoms with Crippen LogP contribution in [0.5, 0.6) is 0 Å². The number of aromatic nitrogens is 2. The average Bonchev–Trinajstić information content (AvgIpc) is 2.77. The van der Waals surface area contributed by atoms with Crippen LogP contribution in [-0.4, -0.2) is 10.2 Å². The van der Waals surface area contributed by atoms with Crippen molar-refractivity contribution in [2.75, 3.05) is 5.32 Å². The number of nitrogens with zero attached hydrogens (tertiary/aromatic N) is 1. The van der Waals surface area contributed by atoms with Crippen LogP contribution in [0.2, 0.25) is 0 Å². The zero-order chi connectivity index (χ0) is 11.5. The summed E-state index contributed by atoms with van der Waals surface area (Å²) in [5.74, 6) is 0. The van der Waals surface area contributed by atoms with Crippen LogP contribution in [-0.2, 0) is 0 Å². The second kappa shape index (κ2) is 4.70. The monoisotopic (exact) mass is 279 g/mol. The Morgan fingerprint density at radius 1 is 1.38 bits per heavy atom. The predicted molar refractivity (Wildman–Crippen MR) is 69.5 cm³/mol. The summed E-state index contributed by atoms with van der Waals surface area (Å²) in [6, 6.07) is 8.44. The molecule has 1 aromatic carbocycles. The number of nitrogens with one attached hydrogen (secondary N) is 2. The van der Waals surface area contributed by atoms with Gasteiger partial charge in [-0.1, -0.05) is 22.0 Å². The minimum atomic E-state index is 0.220. The molecular weight excluding hydrogens is 266 g/mol. The zero-order valence-corrected chi connectivity index (χ0v) is 10.9. The van der Waals surface area contributed by atoms with Gasteiger partial charge in [0.25, 0.3) is 0 Å². The van der Waals surface area contributed by atoms with Gasteiger partial charge in [0.1, 0.15) is 0 Å². The van der Waals surface area contributed by atoms with Crippen molar-refractivity contribution in [2.24, 2.45) is 0 Å².